The number of nitrogens with one attached hydrogen (secondary N) is 1. The van der Waals surface area contributed by atoms with Crippen molar-refractivity contribution >= 4 is 5.97 Å². The first-order valence-corrected chi connectivity index (χ1v) is 6.29. The second-order valence-electron chi connectivity index (χ2n) is 4.35. The third-order valence-corrected chi connectivity index (χ3v) is 3.23. The molecule has 6 heteroatoms. The summed E-state index contributed by atoms with van der Waals surface area (Å²) in [5.74, 6) is 0.279. The molecule has 0 aromatic carbocycles. The van der Waals surface area contributed by atoms with Gasteiger partial charge in [-0.15, -0.1) is 0 Å². The van der Waals surface area contributed by atoms with E-state index < -0.39 is 6.04 Å². The highest BCUT2D eigenvalue weighted by Gasteiger charge is 2.29. The van der Waals surface area contributed by atoms with Gasteiger partial charge in [-0.05, 0) is 11.6 Å². The normalized spacial score (nSPS) is 17.8. The first kappa shape index (κ1) is 13.8. The number of ether oxygens (including phenoxy) is 2. The van der Waals surface area contributed by atoms with Crippen molar-refractivity contribution < 1.29 is 14.3 Å². The molecule has 0 saturated carbocycles. The summed E-state index contributed by atoms with van der Waals surface area (Å²) < 4.78 is 9.95. The number of pyridine rings is 1. The molecule has 1 atom stereocenters. The molecular formula is C13H19N3O3. The van der Waals surface area contributed by atoms with Crippen LogP contribution in [0.4, 0.5) is 0 Å². The Kier molecular flexibility index (Phi) is 4.70. The van der Waals surface area contributed by atoms with Crippen LogP contribution in [0.3, 0.4) is 0 Å². The third-order valence-electron chi connectivity index (χ3n) is 3.23. The second-order valence-corrected chi connectivity index (χ2v) is 4.35. The zero-order valence-corrected chi connectivity index (χ0v) is 11.3. The first-order valence-electron chi connectivity index (χ1n) is 6.29. The van der Waals surface area contributed by atoms with E-state index in [1.54, 1.807) is 19.4 Å². The maximum absolute atomic E-state index is 12.0. The molecule has 0 bridgehead atoms. The van der Waals surface area contributed by atoms with Crippen molar-refractivity contribution in [3.8, 4) is 5.88 Å². The maximum atomic E-state index is 12.0. The molecule has 19 heavy (non-hydrogen) atoms. The molecule has 2 rings (SSSR count). The Hall–Kier alpha value is -1.66. The van der Waals surface area contributed by atoms with Crippen molar-refractivity contribution in [1.82, 2.24) is 15.2 Å². The van der Waals surface area contributed by atoms with Crippen LogP contribution in [-0.4, -0.2) is 56.3 Å². The average Bonchev–Trinajstić information content (AvgIpc) is 2.49. The van der Waals surface area contributed by atoms with Gasteiger partial charge in [-0.25, -0.2) is 9.78 Å². The molecule has 1 unspecified atom stereocenters. The van der Waals surface area contributed by atoms with Gasteiger partial charge in [0, 0.05) is 38.4 Å². The van der Waals surface area contributed by atoms with Gasteiger partial charge in [-0.2, -0.15) is 0 Å². The standard InChI is InChI=1S/C13H19N3O3/c1-18-11-4-3-10(9-15-11)12(13(17)19-2)16-7-5-14-6-8-16/h3-4,9,12,14H,5-8H2,1-2H3. The summed E-state index contributed by atoms with van der Waals surface area (Å²) in [5, 5.41) is 3.27. The van der Waals surface area contributed by atoms with E-state index in [1.807, 2.05) is 6.07 Å². The molecule has 1 aliphatic rings. The Morgan fingerprint density at radius 1 is 1.37 bits per heavy atom. The van der Waals surface area contributed by atoms with Crippen LogP contribution in [0.5, 0.6) is 5.88 Å². The van der Waals surface area contributed by atoms with E-state index in [0.717, 1.165) is 31.7 Å². The quantitative estimate of drug-likeness (QED) is 0.785. The number of carbonyl (C=O) groups excluding carboxylic acids is 1. The minimum atomic E-state index is -0.398. The predicted molar refractivity (Wildman–Crippen MR) is 70.0 cm³/mol. The number of carbonyl (C=O) groups is 1. The Balaban J connectivity index is 2.22. The largest absolute Gasteiger partial charge is 0.481 e. The predicted octanol–water partition coefficient (Wildman–Crippen LogP) is 0.210. The lowest BCUT2D eigenvalue weighted by molar-refractivity contribution is -0.147. The number of nitrogens with zero attached hydrogens (tertiary/aromatic N) is 2. The SMILES string of the molecule is COC(=O)C(c1ccc(OC)nc1)N1CCNCC1. The molecule has 1 aromatic rings. The molecule has 1 aliphatic heterocycles. The number of hydrogen-bond acceptors (Lipinski definition) is 6. The second kappa shape index (κ2) is 6.49. The van der Waals surface area contributed by atoms with Crippen LogP contribution in [0.2, 0.25) is 0 Å². The minimum absolute atomic E-state index is 0.256. The molecule has 0 spiro atoms. The molecule has 2 heterocycles. The van der Waals surface area contributed by atoms with Gasteiger partial charge in [0.25, 0.3) is 0 Å². The highest BCUT2D eigenvalue weighted by Crippen LogP contribution is 2.23. The van der Waals surface area contributed by atoms with Gasteiger partial charge < -0.3 is 14.8 Å². The third kappa shape index (κ3) is 3.21. The van der Waals surface area contributed by atoms with Gasteiger partial charge in [0.05, 0.1) is 14.2 Å². The van der Waals surface area contributed by atoms with Crippen molar-refractivity contribution in [3.63, 3.8) is 0 Å². The summed E-state index contributed by atoms with van der Waals surface area (Å²) in [6.45, 7) is 3.37. The van der Waals surface area contributed by atoms with E-state index in [1.165, 1.54) is 7.11 Å². The summed E-state index contributed by atoms with van der Waals surface area (Å²) in [7, 11) is 2.98. The molecule has 104 valence electrons. The van der Waals surface area contributed by atoms with Crippen LogP contribution >= 0.6 is 0 Å². The van der Waals surface area contributed by atoms with Crippen molar-refractivity contribution in [3.05, 3.63) is 23.9 Å². The number of piperazine rings is 1. The molecule has 0 aliphatic carbocycles. The Morgan fingerprint density at radius 2 is 2.11 bits per heavy atom. The van der Waals surface area contributed by atoms with Crippen LogP contribution < -0.4 is 10.1 Å². The number of esters is 1. The zero-order chi connectivity index (χ0) is 13.7. The van der Waals surface area contributed by atoms with Crippen molar-refractivity contribution in [1.29, 1.82) is 0 Å². The first-order chi connectivity index (χ1) is 9.26. The van der Waals surface area contributed by atoms with Gasteiger partial charge in [0.2, 0.25) is 5.88 Å². The molecule has 1 saturated heterocycles. The van der Waals surface area contributed by atoms with E-state index in [-0.39, 0.29) is 5.97 Å². The van der Waals surface area contributed by atoms with Gasteiger partial charge in [0.1, 0.15) is 6.04 Å². The lowest BCUT2D eigenvalue weighted by Gasteiger charge is -2.33. The molecule has 0 amide bonds. The van der Waals surface area contributed by atoms with Crippen LogP contribution in [0, 0.1) is 0 Å². The number of rotatable bonds is 4. The number of aromatic nitrogens is 1. The maximum Gasteiger partial charge on any atom is 0.327 e. The highest BCUT2D eigenvalue weighted by molar-refractivity contribution is 5.77. The van der Waals surface area contributed by atoms with E-state index in [9.17, 15) is 4.79 Å². The molecular weight excluding hydrogens is 246 g/mol. The number of hydrogen-bond donors (Lipinski definition) is 1. The van der Waals surface area contributed by atoms with E-state index in [0.29, 0.717) is 5.88 Å². The Bertz CT molecular complexity index is 416. The monoisotopic (exact) mass is 265 g/mol. The van der Waals surface area contributed by atoms with E-state index in [2.05, 4.69) is 15.2 Å². The zero-order valence-electron chi connectivity index (χ0n) is 11.3. The summed E-state index contributed by atoms with van der Waals surface area (Å²) in [4.78, 5) is 18.3. The summed E-state index contributed by atoms with van der Waals surface area (Å²) in [5.41, 5.74) is 0.828. The summed E-state index contributed by atoms with van der Waals surface area (Å²) >= 11 is 0. The molecule has 1 aromatic heterocycles. The van der Waals surface area contributed by atoms with Gasteiger partial charge >= 0.3 is 5.97 Å². The van der Waals surface area contributed by atoms with Crippen LogP contribution in [0.1, 0.15) is 11.6 Å². The lowest BCUT2D eigenvalue weighted by Crippen LogP contribution is -2.47. The smallest absolute Gasteiger partial charge is 0.327 e. The molecule has 1 fully saturated rings. The molecule has 1 N–H and O–H groups in total. The highest BCUT2D eigenvalue weighted by atomic mass is 16.5. The van der Waals surface area contributed by atoms with E-state index >= 15 is 0 Å². The fourth-order valence-electron chi connectivity index (χ4n) is 2.22. The minimum Gasteiger partial charge on any atom is -0.481 e. The Labute approximate surface area is 112 Å². The summed E-state index contributed by atoms with van der Waals surface area (Å²) in [6.07, 6.45) is 1.67. The van der Waals surface area contributed by atoms with Gasteiger partial charge in [-0.3, -0.25) is 4.90 Å². The number of methoxy groups -OCH3 is 2. The van der Waals surface area contributed by atoms with Crippen LogP contribution in [-0.2, 0) is 9.53 Å². The fourth-order valence-corrected chi connectivity index (χ4v) is 2.22. The lowest BCUT2D eigenvalue weighted by atomic mass is 10.1. The van der Waals surface area contributed by atoms with E-state index in [4.69, 9.17) is 9.47 Å². The molecule has 6 nitrogen and oxygen atoms in total. The van der Waals surface area contributed by atoms with Crippen molar-refractivity contribution in [2.24, 2.45) is 0 Å². The Morgan fingerprint density at radius 3 is 2.63 bits per heavy atom. The van der Waals surface area contributed by atoms with Crippen LogP contribution in [0.25, 0.3) is 0 Å². The van der Waals surface area contributed by atoms with Gasteiger partial charge in [0.15, 0.2) is 0 Å². The molecule has 0 radical (unpaired) electrons. The fraction of sp³-hybridized carbons (Fsp3) is 0.538. The average molecular weight is 265 g/mol. The topological polar surface area (TPSA) is 63.7 Å². The summed E-state index contributed by atoms with van der Waals surface area (Å²) in [6, 6.07) is 3.22. The van der Waals surface area contributed by atoms with Crippen LogP contribution in [0.15, 0.2) is 18.3 Å². The van der Waals surface area contributed by atoms with Crippen molar-refractivity contribution in [2.45, 2.75) is 6.04 Å². The van der Waals surface area contributed by atoms with Gasteiger partial charge in [-0.1, -0.05) is 0 Å². The van der Waals surface area contributed by atoms with Crippen molar-refractivity contribution in [2.75, 3.05) is 40.4 Å².